The number of carbonyl (C=O) groups is 2. The molecule has 0 aliphatic carbocycles. The van der Waals surface area contributed by atoms with Crippen molar-refractivity contribution < 1.29 is 19.1 Å². The van der Waals surface area contributed by atoms with E-state index in [9.17, 15) is 14.9 Å². The molecule has 1 N–H and O–H groups in total. The van der Waals surface area contributed by atoms with Crippen LogP contribution >= 0.6 is 0 Å². The lowest BCUT2D eigenvalue weighted by Crippen LogP contribution is -2.13. The van der Waals surface area contributed by atoms with Crippen LogP contribution in [0.4, 0.5) is 5.69 Å². The maximum Gasteiger partial charge on any atom is 0.337 e. The molecule has 1 aromatic heterocycles. The van der Waals surface area contributed by atoms with Gasteiger partial charge in [0.2, 0.25) is 0 Å². The number of esters is 1. The van der Waals surface area contributed by atoms with Crippen molar-refractivity contribution in [1.29, 1.82) is 5.26 Å². The van der Waals surface area contributed by atoms with E-state index in [1.165, 1.54) is 7.11 Å². The van der Waals surface area contributed by atoms with Gasteiger partial charge in [-0.25, -0.2) is 4.79 Å². The Balaban J connectivity index is 1.91. The Morgan fingerprint density at radius 1 is 1.12 bits per heavy atom. The van der Waals surface area contributed by atoms with Crippen LogP contribution in [0.1, 0.15) is 34.2 Å². The third-order valence-corrected chi connectivity index (χ3v) is 5.06. The van der Waals surface area contributed by atoms with Crippen LogP contribution in [0.25, 0.3) is 11.8 Å². The molecule has 168 valence electrons. The molecule has 0 radical (unpaired) electrons. The zero-order valence-electron chi connectivity index (χ0n) is 19.0. The highest BCUT2D eigenvalue weighted by atomic mass is 16.5. The molecule has 0 saturated heterocycles. The summed E-state index contributed by atoms with van der Waals surface area (Å²) in [5.41, 5.74) is 4.17. The molecule has 0 saturated carbocycles. The molecule has 3 aromatic rings. The average Bonchev–Trinajstić information content (AvgIpc) is 3.09. The fraction of sp³-hybridized carbons (Fsp3) is 0.192. The number of ether oxygens (including phenoxy) is 2. The molecule has 1 heterocycles. The Kier molecular flexibility index (Phi) is 7.31. The summed E-state index contributed by atoms with van der Waals surface area (Å²) in [7, 11) is 1.34. The first kappa shape index (κ1) is 23.4. The number of rotatable bonds is 7. The van der Waals surface area contributed by atoms with Crippen LogP contribution in [0.15, 0.2) is 60.2 Å². The van der Waals surface area contributed by atoms with Crippen molar-refractivity contribution in [2.75, 3.05) is 19.0 Å². The number of hydrogen-bond donors (Lipinski definition) is 1. The predicted molar refractivity (Wildman–Crippen MR) is 126 cm³/mol. The lowest BCUT2D eigenvalue weighted by Gasteiger charge is -2.11. The molecule has 0 bridgehead atoms. The summed E-state index contributed by atoms with van der Waals surface area (Å²) >= 11 is 0. The van der Waals surface area contributed by atoms with Gasteiger partial charge in [0.25, 0.3) is 5.91 Å². The lowest BCUT2D eigenvalue weighted by molar-refractivity contribution is -0.112. The molecule has 7 heteroatoms. The number of aromatic nitrogens is 1. The van der Waals surface area contributed by atoms with Crippen LogP contribution in [0.3, 0.4) is 0 Å². The Morgan fingerprint density at radius 3 is 2.58 bits per heavy atom. The van der Waals surface area contributed by atoms with E-state index in [0.29, 0.717) is 23.6 Å². The molecule has 0 unspecified atom stereocenters. The first-order valence-electron chi connectivity index (χ1n) is 10.4. The van der Waals surface area contributed by atoms with Gasteiger partial charge in [-0.2, -0.15) is 5.26 Å². The van der Waals surface area contributed by atoms with Crippen LogP contribution in [0.2, 0.25) is 0 Å². The quantitative estimate of drug-likeness (QED) is 0.321. The fourth-order valence-electron chi connectivity index (χ4n) is 3.55. The molecule has 0 spiro atoms. The number of nitriles is 1. The van der Waals surface area contributed by atoms with Gasteiger partial charge >= 0.3 is 5.97 Å². The SMILES string of the molecule is CCOc1cccc(NC(=O)/C(C#N)=C\c2cc(C)n(-c3cccc(C(=O)OC)c3)c2C)c1. The Labute approximate surface area is 192 Å². The third-order valence-electron chi connectivity index (χ3n) is 5.06. The Hall–Kier alpha value is -4.31. The van der Waals surface area contributed by atoms with Gasteiger partial charge < -0.3 is 19.4 Å². The zero-order chi connectivity index (χ0) is 24.0. The van der Waals surface area contributed by atoms with Crippen LogP contribution in [0.5, 0.6) is 5.75 Å². The highest BCUT2D eigenvalue weighted by Crippen LogP contribution is 2.24. The zero-order valence-corrected chi connectivity index (χ0v) is 19.0. The normalized spacial score (nSPS) is 10.9. The van der Waals surface area contributed by atoms with Gasteiger partial charge in [0, 0.05) is 28.8 Å². The second-order valence-electron chi connectivity index (χ2n) is 7.29. The van der Waals surface area contributed by atoms with Gasteiger partial charge in [0.05, 0.1) is 19.3 Å². The molecular formula is C26H25N3O4. The number of aryl methyl sites for hydroxylation is 1. The van der Waals surface area contributed by atoms with Crippen LogP contribution in [-0.2, 0) is 9.53 Å². The largest absolute Gasteiger partial charge is 0.494 e. The van der Waals surface area contributed by atoms with Gasteiger partial charge in [-0.15, -0.1) is 0 Å². The summed E-state index contributed by atoms with van der Waals surface area (Å²) in [6.07, 6.45) is 1.56. The average molecular weight is 444 g/mol. The molecule has 33 heavy (non-hydrogen) atoms. The number of carbonyl (C=O) groups excluding carboxylic acids is 2. The van der Waals surface area contributed by atoms with Gasteiger partial charge in [0.15, 0.2) is 0 Å². The number of nitrogens with zero attached hydrogens (tertiary/aromatic N) is 2. The fourth-order valence-corrected chi connectivity index (χ4v) is 3.55. The van der Waals surface area contributed by atoms with Crippen molar-refractivity contribution in [3.63, 3.8) is 0 Å². The van der Waals surface area contributed by atoms with Crippen molar-refractivity contribution in [2.24, 2.45) is 0 Å². The molecule has 0 atom stereocenters. The second-order valence-corrected chi connectivity index (χ2v) is 7.29. The molecule has 0 aliphatic rings. The minimum Gasteiger partial charge on any atom is -0.494 e. The smallest absolute Gasteiger partial charge is 0.337 e. The maximum absolute atomic E-state index is 12.7. The van der Waals surface area contributed by atoms with Crippen LogP contribution in [-0.4, -0.2) is 30.2 Å². The molecule has 0 fully saturated rings. The summed E-state index contributed by atoms with van der Waals surface area (Å²) in [5, 5.41) is 12.4. The molecule has 1 amide bonds. The van der Waals surface area contributed by atoms with Crippen molar-refractivity contribution in [3.05, 3.63) is 82.7 Å². The van der Waals surface area contributed by atoms with Gasteiger partial charge in [0.1, 0.15) is 17.4 Å². The minimum absolute atomic E-state index is 0.0274. The summed E-state index contributed by atoms with van der Waals surface area (Å²) in [4.78, 5) is 24.7. The highest BCUT2D eigenvalue weighted by Gasteiger charge is 2.15. The summed E-state index contributed by atoms with van der Waals surface area (Å²) < 4.78 is 12.2. The number of methoxy groups -OCH3 is 1. The van der Waals surface area contributed by atoms with E-state index in [0.717, 1.165) is 22.6 Å². The number of amides is 1. The minimum atomic E-state index is -0.511. The van der Waals surface area contributed by atoms with E-state index >= 15 is 0 Å². The molecule has 0 aliphatic heterocycles. The molecule has 2 aromatic carbocycles. The van der Waals surface area contributed by atoms with E-state index in [2.05, 4.69) is 5.32 Å². The lowest BCUT2D eigenvalue weighted by atomic mass is 10.1. The first-order chi connectivity index (χ1) is 15.9. The monoisotopic (exact) mass is 443 g/mol. The van der Waals surface area contributed by atoms with E-state index < -0.39 is 11.9 Å². The Bertz CT molecular complexity index is 1260. The number of hydrogen-bond acceptors (Lipinski definition) is 5. The van der Waals surface area contributed by atoms with E-state index in [4.69, 9.17) is 9.47 Å². The van der Waals surface area contributed by atoms with Crippen molar-refractivity contribution in [3.8, 4) is 17.5 Å². The molecular weight excluding hydrogens is 418 g/mol. The van der Waals surface area contributed by atoms with Crippen LogP contribution < -0.4 is 10.1 Å². The summed E-state index contributed by atoms with van der Waals surface area (Å²) in [5.74, 6) is -0.296. The molecule has 7 nitrogen and oxygen atoms in total. The van der Waals surface area contributed by atoms with E-state index in [1.807, 2.05) is 43.5 Å². The van der Waals surface area contributed by atoms with E-state index in [1.54, 1.807) is 48.5 Å². The highest BCUT2D eigenvalue weighted by molar-refractivity contribution is 6.09. The van der Waals surface area contributed by atoms with Crippen molar-refractivity contribution in [1.82, 2.24) is 4.57 Å². The Morgan fingerprint density at radius 2 is 1.88 bits per heavy atom. The van der Waals surface area contributed by atoms with Crippen LogP contribution in [0, 0.1) is 25.2 Å². The van der Waals surface area contributed by atoms with Gasteiger partial charge in [-0.3, -0.25) is 4.79 Å². The van der Waals surface area contributed by atoms with Gasteiger partial charge in [-0.1, -0.05) is 12.1 Å². The first-order valence-corrected chi connectivity index (χ1v) is 10.4. The number of anilines is 1. The standard InChI is InChI=1S/C26H25N3O4/c1-5-33-24-11-7-9-22(15-24)28-25(30)21(16-27)13-20-12-17(2)29(18(20)3)23-10-6-8-19(14-23)26(31)32-4/h6-15H,5H2,1-4H3,(H,28,30)/b21-13-. The summed E-state index contributed by atoms with van der Waals surface area (Å²) in [6, 6.07) is 18.0. The predicted octanol–water partition coefficient (Wildman–Crippen LogP) is 4.83. The van der Waals surface area contributed by atoms with Crippen molar-refractivity contribution >= 4 is 23.6 Å². The topological polar surface area (TPSA) is 93.4 Å². The summed E-state index contributed by atoms with van der Waals surface area (Å²) in [6.45, 7) is 6.20. The van der Waals surface area contributed by atoms with Gasteiger partial charge in [-0.05, 0) is 68.8 Å². The third kappa shape index (κ3) is 5.31. The van der Waals surface area contributed by atoms with E-state index in [-0.39, 0.29) is 5.57 Å². The van der Waals surface area contributed by atoms with Crippen molar-refractivity contribution in [2.45, 2.75) is 20.8 Å². The number of benzene rings is 2. The number of nitrogens with one attached hydrogen (secondary N) is 1. The maximum atomic E-state index is 12.7. The second kappa shape index (κ2) is 10.3. The molecule has 3 rings (SSSR count).